The molecule has 0 bridgehead atoms. The number of hydrogen-bond acceptors (Lipinski definition) is 4. The predicted octanol–water partition coefficient (Wildman–Crippen LogP) is 0.739. The summed E-state index contributed by atoms with van der Waals surface area (Å²) in [6.07, 6.45) is 2.51. The van der Waals surface area contributed by atoms with Crippen molar-refractivity contribution in [2.45, 2.75) is 33.1 Å². The highest BCUT2D eigenvalue weighted by molar-refractivity contribution is 7.92. The molecule has 0 radical (unpaired) electrons. The summed E-state index contributed by atoms with van der Waals surface area (Å²) in [7, 11) is -3.23. The van der Waals surface area contributed by atoms with Crippen LogP contribution >= 0.6 is 12.4 Å². The van der Waals surface area contributed by atoms with Gasteiger partial charge in [-0.2, -0.15) is 0 Å². The molecule has 7 heteroatoms. The number of likely N-dealkylation sites (N-methyl/N-ethyl adjacent to an activating group) is 1. The lowest BCUT2D eigenvalue weighted by molar-refractivity contribution is -0.118. The van der Waals surface area contributed by atoms with Crippen molar-refractivity contribution in [1.82, 2.24) is 10.6 Å². The van der Waals surface area contributed by atoms with Gasteiger partial charge < -0.3 is 10.6 Å². The van der Waals surface area contributed by atoms with Crippen molar-refractivity contribution >= 4 is 28.2 Å². The molecule has 0 rings (SSSR count). The maximum atomic E-state index is 11.5. The fourth-order valence-electron chi connectivity index (χ4n) is 1.36. The monoisotopic (exact) mass is 300 g/mol. The Morgan fingerprint density at radius 2 is 1.78 bits per heavy atom. The molecule has 0 atom stereocenters. The standard InChI is InChI=1S/C11H24N2O3S.ClH/c1-3-5-6-9-17(15,16)10-11(14)13-8-7-12-4-2;/h12H,3-10H2,1-2H3,(H,13,14);1H. The predicted molar refractivity (Wildman–Crippen MR) is 77.0 cm³/mol. The zero-order valence-corrected chi connectivity index (χ0v) is 12.8. The number of amides is 1. The molecule has 0 saturated carbocycles. The molecule has 18 heavy (non-hydrogen) atoms. The van der Waals surface area contributed by atoms with Gasteiger partial charge in [0.15, 0.2) is 9.84 Å². The van der Waals surface area contributed by atoms with Gasteiger partial charge in [-0.25, -0.2) is 8.42 Å². The Morgan fingerprint density at radius 3 is 2.33 bits per heavy atom. The molecule has 5 nitrogen and oxygen atoms in total. The van der Waals surface area contributed by atoms with E-state index in [4.69, 9.17) is 0 Å². The topological polar surface area (TPSA) is 75.3 Å². The second-order valence-electron chi connectivity index (χ2n) is 4.00. The minimum Gasteiger partial charge on any atom is -0.354 e. The SMILES string of the molecule is CCCCCS(=O)(=O)CC(=O)NCCNCC.Cl. The maximum Gasteiger partial charge on any atom is 0.235 e. The number of halogens is 1. The van der Waals surface area contributed by atoms with Gasteiger partial charge in [-0.3, -0.25) is 4.79 Å². The average Bonchev–Trinajstić information content (AvgIpc) is 2.24. The third kappa shape index (κ3) is 12.1. The molecule has 0 saturated heterocycles. The van der Waals surface area contributed by atoms with Gasteiger partial charge in [0.05, 0.1) is 5.75 Å². The lowest BCUT2D eigenvalue weighted by atomic mass is 10.3. The smallest absolute Gasteiger partial charge is 0.235 e. The van der Waals surface area contributed by atoms with Crippen LogP contribution in [0.3, 0.4) is 0 Å². The molecule has 0 aromatic heterocycles. The highest BCUT2D eigenvalue weighted by Crippen LogP contribution is 1.99. The molecule has 0 aliphatic heterocycles. The first-order chi connectivity index (χ1) is 8.02. The largest absolute Gasteiger partial charge is 0.354 e. The summed E-state index contributed by atoms with van der Waals surface area (Å²) in [6.45, 7) is 5.96. The number of carbonyl (C=O) groups is 1. The van der Waals surface area contributed by atoms with Crippen LogP contribution in [0.2, 0.25) is 0 Å². The summed E-state index contributed by atoms with van der Waals surface area (Å²) < 4.78 is 23.1. The van der Waals surface area contributed by atoms with Crippen molar-refractivity contribution in [2.75, 3.05) is 31.1 Å². The quantitative estimate of drug-likeness (QED) is 0.584. The van der Waals surface area contributed by atoms with Gasteiger partial charge in [-0.15, -0.1) is 12.4 Å². The molecular formula is C11H25ClN2O3S. The molecular weight excluding hydrogens is 276 g/mol. The van der Waals surface area contributed by atoms with Crippen molar-refractivity contribution in [2.24, 2.45) is 0 Å². The molecule has 0 aromatic carbocycles. The van der Waals surface area contributed by atoms with E-state index >= 15 is 0 Å². The summed E-state index contributed by atoms with van der Waals surface area (Å²) in [6, 6.07) is 0. The van der Waals surface area contributed by atoms with Crippen LogP contribution in [0.15, 0.2) is 0 Å². The number of carbonyl (C=O) groups excluding carboxylic acids is 1. The number of hydrogen-bond donors (Lipinski definition) is 2. The summed E-state index contributed by atoms with van der Waals surface area (Å²) in [5.41, 5.74) is 0. The van der Waals surface area contributed by atoms with Crippen molar-refractivity contribution in [3.8, 4) is 0 Å². The van der Waals surface area contributed by atoms with Crippen molar-refractivity contribution in [3.05, 3.63) is 0 Å². The van der Waals surface area contributed by atoms with E-state index in [1.807, 2.05) is 13.8 Å². The number of sulfone groups is 1. The van der Waals surface area contributed by atoms with Crippen molar-refractivity contribution in [1.29, 1.82) is 0 Å². The Kier molecular flexibility index (Phi) is 13.0. The van der Waals surface area contributed by atoms with Crippen molar-refractivity contribution < 1.29 is 13.2 Å². The number of rotatable bonds is 10. The molecule has 0 aromatic rings. The van der Waals surface area contributed by atoms with Crippen LogP contribution in [0.25, 0.3) is 0 Å². The Hall–Kier alpha value is -0.330. The highest BCUT2D eigenvalue weighted by atomic mass is 35.5. The Balaban J connectivity index is 0. The van der Waals surface area contributed by atoms with Gasteiger partial charge in [0, 0.05) is 13.1 Å². The van der Waals surface area contributed by atoms with Crippen LogP contribution < -0.4 is 10.6 Å². The summed E-state index contributed by atoms with van der Waals surface area (Å²) in [5, 5.41) is 5.63. The van der Waals surface area contributed by atoms with Crippen LogP contribution in [0.4, 0.5) is 0 Å². The van der Waals surface area contributed by atoms with Gasteiger partial charge in [0.25, 0.3) is 0 Å². The molecule has 0 aliphatic rings. The van der Waals surface area contributed by atoms with Crippen LogP contribution in [0.1, 0.15) is 33.1 Å². The van der Waals surface area contributed by atoms with Crippen molar-refractivity contribution in [3.63, 3.8) is 0 Å². The molecule has 110 valence electrons. The summed E-state index contributed by atoms with van der Waals surface area (Å²) >= 11 is 0. The van der Waals surface area contributed by atoms with E-state index in [-0.39, 0.29) is 23.9 Å². The maximum absolute atomic E-state index is 11.5. The van der Waals surface area contributed by atoms with E-state index < -0.39 is 15.7 Å². The fourth-order valence-corrected chi connectivity index (χ4v) is 2.65. The van der Waals surface area contributed by atoms with E-state index in [0.29, 0.717) is 19.5 Å². The molecule has 0 heterocycles. The first-order valence-electron chi connectivity index (χ1n) is 6.19. The summed E-state index contributed by atoms with van der Waals surface area (Å²) in [4.78, 5) is 11.3. The second kappa shape index (κ2) is 11.7. The molecule has 0 fully saturated rings. The molecule has 2 N–H and O–H groups in total. The summed E-state index contributed by atoms with van der Waals surface area (Å²) in [5.74, 6) is -0.677. The van der Waals surface area contributed by atoms with Crippen LogP contribution in [-0.4, -0.2) is 45.5 Å². The lowest BCUT2D eigenvalue weighted by Crippen LogP contribution is -2.36. The first kappa shape index (κ1) is 20.0. The average molecular weight is 301 g/mol. The number of unbranched alkanes of at least 4 members (excludes halogenated alkanes) is 2. The highest BCUT2D eigenvalue weighted by Gasteiger charge is 2.15. The van der Waals surface area contributed by atoms with Gasteiger partial charge in [-0.05, 0) is 13.0 Å². The van der Waals surface area contributed by atoms with Crippen LogP contribution in [0.5, 0.6) is 0 Å². The zero-order chi connectivity index (χ0) is 13.1. The molecule has 0 spiro atoms. The van der Waals surface area contributed by atoms with Gasteiger partial charge >= 0.3 is 0 Å². The van der Waals surface area contributed by atoms with Gasteiger partial charge in [0.2, 0.25) is 5.91 Å². The number of nitrogens with one attached hydrogen (secondary N) is 2. The van der Waals surface area contributed by atoms with E-state index in [2.05, 4.69) is 10.6 Å². The van der Waals surface area contributed by atoms with E-state index in [0.717, 1.165) is 19.4 Å². The van der Waals surface area contributed by atoms with Gasteiger partial charge in [0.1, 0.15) is 5.75 Å². The molecule has 0 unspecified atom stereocenters. The van der Waals surface area contributed by atoms with Gasteiger partial charge in [-0.1, -0.05) is 26.7 Å². The fraction of sp³-hybridized carbons (Fsp3) is 0.909. The Morgan fingerprint density at radius 1 is 1.11 bits per heavy atom. The van der Waals surface area contributed by atoms with Crippen LogP contribution in [0, 0.1) is 0 Å². The first-order valence-corrected chi connectivity index (χ1v) is 8.01. The lowest BCUT2D eigenvalue weighted by Gasteiger charge is -2.06. The minimum absolute atomic E-state index is 0. The zero-order valence-electron chi connectivity index (χ0n) is 11.2. The Labute approximate surface area is 116 Å². The second-order valence-corrected chi connectivity index (χ2v) is 6.19. The Bertz CT molecular complexity index is 307. The molecule has 1 amide bonds. The normalized spacial score (nSPS) is 10.8. The van der Waals surface area contributed by atoms with E-state index in [9.17, 15) is 13.2 Å². The third-order valence-corrected chi connectivity index (χ3v) is 3.90. The molecule has 0 aliphatic carbocycles. The van der Waals surface area contributed by atoms with E-state index in [1.165, 1.54) is 0 Å². The van der Waals surface area contributed by atoms with Crippen LogP contribution in [-0.2, 0) is 14.6 Å². The third-order valence-electron chi connectivity index (χ3n) is 2.28. The minimum atomic E-state index is -3.23. The van der Waals surface area contributed by atoms with E-state index in [1.54, 1.807) is 0 Å².